The number of anilines is 1. The molecule has 0 fully saturated rings. The molecular formula is C26H23F3N2O2. The SMILES string of the molecule is Nc1cccc(C(F)(F)F)c1C=CCCNC(=O)OCC1c2ccccc2-c2ccccc21. The van der Waals surface area contributed by atoms with Crippen molar-refractivity contribution < 1.29 is 22.7 Å². The lowest BCUT2D eigenvalue weighted by molar-refractivity contribution is -0.137. The summed E-state index contributed by atoms with van der Waals surface area (Å²) in [7, 11) is 0. The second-order valence-electron chi connectivity index (χ2n) is 7.75. The maximum Gasteiger partial charge on any atom is 0.417 e. The maximum absolute atomic E-state index is 13.1. The molecule has 7 heteroatoms. The van der Waals surface area contributed by atoms with E-state index in [1.54, 1.807) is 6.08 Å². The molecule has 3 N–H and O–H groups in total. The van der Waals surface area contributed by atoms with E-state index in [-0.39, 0.29) is 30.3 Å². The molecule has 4 nitrogen and oxygen atoms in total. The fourth-order valence-corrected chi connectivity index (χ4v) is 4.12. The predicted molar refractivity (Wildman–Crippen MR) is 123 cm³/mol. The molecule has 1 aliphatic carbocycles. The van der Waals surface area contributed by atoms with E-state index in [1.807, 2.05) is 36.4 Å². The number of hydrogen-bond donors (Lipinski definition) is 2. The summed E-state index contributed by atoms with van der Waals surface area (Å²) in [6.07, 6.45) is -1.85. The van der Waals surface area contributed by atoms with Gasteiger partial charge < -0.3 is 15.8 Å². The Morgan fingerprint density at radius 2 is 1.61 bits per heavy atom. The number of nitrogens with two attached hydrogens (primary N) is 1. The topological polar surface area (TPSA) is 64.3 Å². The van der Waals surface area contributed by atoms with E-state index in [1.165, 1.54) is 18.2 Å². The number of amides is 1. The highest BCUT2D eigenvalue weighted by molar-refractivity contribution is 5.79. The first-order valence-electron chi connectivity index (χ1n) is 10.6. The van der Waals surface area contributed by atoms with Gasteiger partial charge in [0.05, 0.1) is 5.56 Å². The number of rotatable bonds is 6. The Balaban J connectivity index is 1.30. The monoisotopic (exact) mass is 452 g/mol. The number of nitrogen functional groups attached to an aromatic ring is 1. The first-order chi connectivity index (χ1) is 15.9. The van der Waals surface area contributed by atoms with Gasteiger partial charge in [-0.25, -0.2) is 4.79 Å². The molecule has 1 amide bonds. The Morgan fingerprint density at radius 3 is 2.24 bits per heavy atom. The average Bonchev–Trinajstić information content (AvgIpc) is 3.11. The summed E-state index contributed by atoms with van der Waals surface area (Å²) >= 11 is 0. The van der Waals surface area contributed by atoms with E-state index >= 15 is 0 Å². The molecule has 0 bridgehead atoms. The summed E-state index contributed by atoms with van der Waals surface area (Å²) in [5.74, 6) is -0.0371. The van der Waals surface area contributed by atoms with Crippen LogP contribution in [0.25, 0.3) is 17.2 Å². The van der Waals surface area contributed by atoms with Crippen LogP contribution < -0.4 is 11.1 Å². The van der Waals surface area contributed by atoms with Crippen LogP contribution in [0.1, 0.15) is 34.6 Å². The van der Waals surface area contributed by atoms with Gasteiger partial charge in [-0.05, 0) is 40.8 Å². The number of nitrogens with one attached hydrogen (secondary N) is 1. The minimum atomic E-state index is -4.49. The zero-order valence-corrected chi connectivity index (χ0v) is 17.7. The fourth-order valence-electron chi connectivity index (χ4n) is 4.12. The molecule has 0 atom stereocenters. The van der Waals surface area contributed by atoms with Gasteiger partial charge in [-0.2, -0.15) is 13.2 Å². The van der Waals surface area contributed by atoms with E-state index in [2.05, 4.69) is 17.4 Å². The Bertz CT molecular complexity index is 1140. The van der Waals surface area contributed by atoms with Crippen molar-refractivity contribution in [2.75, 3.05) is 18.9 Å². The van der Waals surface area contributed by atoms with Crippen LogP contribution in [0.3, 0.4) is 0 Å². The zero-order chi connectivity index (χ0) is 23.4. The van der Waals surface area contributed by atoms with Gasteiger partial charge in [0.1, 0.15) is 6.61 Å². The molecule has 0 radical (unpaired) electrons. The molecule has 1 aliphatic rings. The van der Waals surface area contributed by atoms with Crippen molar-refractivity contribution in [1.82, 2.24) is 5.32 Å². The molecule has 0 unspecified atom stereocenters. The third-order valence-corrected chi connectivity index (χ3v) is 5.65. The van der Waals surface area contributed by atoms with Crippen LogP contribution >= 0.6 is 0 Å². The van der Waals surface area contributed by atoms with Crippen LogP contribution in [0.4, 0.5) is 23.7 Å². The van der Waals surface area contributed by atoms with Crippen LogP contribution in [-0.2, 0) is 10.9 Å². The largest absolute Gasteiger partial charge is 0.449 e. The fraction of sp³-hybridized carbons (Fsp3) is 0.192. The van der Waals surface area contributed by atoms with Crippen LogP contribution in [-0.4, -0.2) is 19.2 Å². The summed E-state index contributed by atoms with van der Waals surface area (Å²) in [5, 5.41) is 2.63. The standard InChI is InChI=1S/C26H23F3N2O2/c27-26(28,29)23-13-7-14-24(30)21(23)12-5-6-15-31-25(32)33-16-22-19-10-3-1-8-17(19)18-9-2-4-11-20(18)22/h1-5,7-14,22H,6,15-16,30H2,(H,31,32). The van der Waals surface area contributed by atoms with Gasteiger partial charge in [0.15, 0.2) is 0 Å². The molecule has 0 saturated carbocycles. The van der Waals surface area contributed by atoms with Gasteiger partial charge in [0, 0.05) is 23.7 Å². The van der Waals surface area contributed by atoms with E-state index < -0.39 is 17.8 Å². The van der Waals surface area contributed by atoms with Gasteiger partial charge in [-0.3, -0.25) is 0 Å². The van der Waals surface area contributed by atoms with Crippen molar-refractivity contribution in [2.45, 2.75) is 18.5 Å². The summed E-state index contributed by atoms with van der Waals surface area (Å²) < 4.78 is 44.9. The van der Waals surface area contributed by atoms with Crippen LogP contribution in [0, 0.1) is 0 Å². The highest BCUT2D eigenvalue weighted by Crippen LogP contribution is 2.44. The van der Waals surface area contributed by atoms with Gasteiger partial charge in [-0.1, -0.05) is 66.7 Å². The van der Waals surface area contributed by atoms with Crippen LogP contribution in [0.15, 0.2) is 72.8 Å². The summed E-state index contributed by atoms with van der Waals surface area (Å²) in [5.41, 5.74) is 9.42. The minimum Gasteiger partial charge on any atom is -0.449 e. The lowest BCUT2D eigenvalue weighted by atomic mass is 9.98. The van der Waals surface area contributed by atoms with Crippen LogP contribution in [0.5, 0.6) is 0 Å². The van der Waals surface area contributed by atoms with Crippen molar-refractivity contribution in [3.63, 3.8) is 0 Å². The number of carbonyl (C=O) groups excluding carboxylic acids is 1. The van der Waals surface area contributed by atoms with Gasteiger partial charge in [0.2, 0.25) is 0 Å². The van der Waals surface area contributed by atoms with E-state index in [0.717, 1.165) is 28.3 Å². The van der Waals surface area contributed by atoms with E-state index in [9.17, 15) is 18.0 Å². The number of halogens is 3. The molecule has 3 aromatic carbocycles. The van der Waals surface area contributed by atoms with E-state index in [4.69, 9.17) is 10.5 Å². The van der Waals surface area contributed by atoms with Gasteiger partial charge >= 0.3 is 12.3 Å². The number of alkyl halides is 3. The zero-order valence-electron chi connectivity index (χ0n) is 17.7. The smallest absolute Gasteiger partial charge is 0.417 e. The molecular weight excluding hydrogens is 429 g/mol. The van der Waals surface area contributed by atoms with Crippen molar-refractivity contribution in [2.24, 2.45) is 0 Å². The highest BCUT2D eigenvalue weighted by atomic mass is 19.4. The number of carbonyl (C=O) groups is 1. The molecule has 0 spiro atoms. The average molecular weight is 452 g/mol. The first-order valence-corrected chi connectivity index (χ1v) is 10.6. The molecule has 0 aromatic heterocycles. The molecule has 0 saturated heterocycles. The summed E-state index contributed by atoms with van der Waals surface area (Å²) in [4.78, 5) is 12.2. The highest BCUT2D eigenvalue weighted by Gasteiger charge is 2.33. The number of fused-ring (bicyclic) bond motifs is 3. The Hall–Kier alpha value is -3.74. The maximum atomic E-state index is 13.1. The van der Waals surface area contributed by atoms with E-state index in [0.29, 0.717) is 6.42 Å². The Morgan fingerprint density at radius 1 is 0.970 bits per heavy atom. The van der Waals surface area contributed by atoms with Crippen molar-refractivity contribution in [3.05, 3.63) is 95.1 Å². The van der Waals surface area contributed by atoms with Crippen molar-refractivity contribution in [1.29, 1.82) is 0 Å². The molecule has 0 heterocycles. The number of alkyl carbamates (subject to hydrolysis) is 1. The molecule has 0 aliphatic heterocycles. The number of hydrogen-bond acceptors (Lipinski definition) is 3. The summed E-state index contributed by atoms with van der Waals surface area (Å²) in [6.45, 7) is 0.423. The quantitative estimate of drug-likeness (QED) is 0.344. The lowest BCUT2D eigenvalue weighted by Gasteiger charge is -2.14. The van der Waals surface area contributed by atoms with Crippen LogP contribution in [0.2, 0.25) is 0 Å². The lowest BCUT2D eigenvalue weighted by Crippen LogP contribution is -2.26. The second kappa shape index (κ2) is 9.40. The minimum absolute atomic E-state index is 0.0371. The normalized spacial score (nSPS) is 13.1. The Labute approximate surface area is 189 Å². The molecule has 3 aromatic rings. The number of ether oxygens (including phenoxy) is 1. The van der Waals surface area contributed by atoms with Gasteiger partial charge in [0.25, 0.3) is 0 Å². The second-order valence-corrected chi connectivity index (χ2v) is 7.75. The molecule has 170 valence electrons. The third kappa shape index (κ3) is 4.87. The van der Waals surface area contributed by atoms with Crippen molar-refractivity contribution >= 4 is 17.9 Å². The summed E-state index contributed by atoms with van der Waals surface area (Å²) in [6, 6.07) is 19.8. The predicted octanol–water partition coefficient (Wildman–Crippen LogP) is 6.23. The Kier molecular flexibility index (Phi) is 6.40. The third-order valence-electron chi connectivity index (χ3n) is 5.65. The molecule has 4 rings (SSSR count). The van der Waals surface area contributed by atoms with Crippen molar-refractivity contribution in [3.8, 4) is 11.1 Å². The first kappa shape index (κ1) is 22.5. The molecule has 33 heavy (non-hydrogen) atoms. The van der Waals surface area contributed by atoms with Gasteiger partial charge in [-0.15, -0.1) is 0 Å². The number of benzene rings is 3.